The Hall–Kier alpha value is -1.83. The van der Waals surface area contributed by atoms with Gasteiger partial charge >= 0.3 is 0 Å². The van der Waals surface area contributed by atoms with Crippen LogP contribution in [0.25, 0.3) is 0 Å². The minimum absolute atomic E-state index is 0. The van der Waals surface area contributed by atoms with Gasteiger partial charge in [-0.3, -0.25) is 4.79 Å². The van der Waals surface area contributed by atoms with E-state index in [4.69, 9.17) is 17.3 Å². The number of carbonyl (C=O) groups is 1. The van der Waals surface area contributed by atoms with E-state index in [-0.39, 0.29) is 40.3 Å². The van der Waals surface area contributed by atoms with Crippen LogP contribution in [-0.2, 0) is 16.4 Å². The SMILES string of the molecule is CS(=O)(=O)c1ccccc1CNC(=O)c1cc(Cl)cnc1N.Cl. The number of nitrogens with one attached hydrogen (secondary N) is 1. The molecular weight excluding hydrogens is 361 g/mol. The van der Waals surface area contributed by atoms with E-state index in [2.05, 4.69) is 10.3 Å². The number of nitrogen functional groups attached to an aromatic ring is 1. The Labute approximate surface area is 145 Å². The molecule has 3 N–H and O–H groups in total. The van der Waals surface area contributed by atoms with Gasteiger partial charge in [-0.15, -0.1) is 12.4 Å². The number of hydrogen-bond donors (Lipinski definition) is 2. The first-order valence-corrected chi connectivity index (χ1v) is 8.53. The molecule has 1 aromatic heterocycles. The summed E-state index contributed by atoms with van der Waals surface area (Å²) < 4.78 is 23.4. The maximum Gasteiger partial charge on any atom is 0.255 e. The summed E-state index contributed by atoms with van der Waals surface area (Å²) in [6, 6.07) is 7.86. The lowest BCUT2D eigenvalue weighted by molar-refractivity contribution is 0.0951. The Morgan fingerprint density at radius 1 is 1.35 bits per heavy atom. The number of pyridine rings is 1. The van der Waals surface area contributed by atoms with Crippen LogP contribution in [0, 0.1) is 0 Å². The quantitative estimate of drug-likeness (QED) is 0.851. The largest absolute Gasteiger partial charge is 0.383 e. The summed E-state index contributed by atoms with van der Waals surface area (Å²) in [6.45, 7) is 0.0496. The van der Waals surface area contributed by atoms with E-state index in [1.54, 1.807) is 18.2 Å². The summed E-state index contributed by atoms with van der Waals surface area (Å²) >= 11 is 5.79. The van der Waals surface area contributed by atoms with Gasteiger partial charge in [-0.05, 0) is 17.7 Å². The molecule has 2 aromatic rings. The molecule has 0 unspecified atom stereocenters. The highest BCUT2D eigenvalue weighted by Crippen LogP contribution is 2.17. The minimum Gasteiger partial charge on any atom is -0.383 e. The Kier molecular flexibility index (Phi) is 6.37. The summed E-state index contributed by atoms with van der Waals surface area (Å²) in [4.78, 5) is 16.1. The zero-order valence-corrected chi connectivity index (χ0v) is 14.5. The van der Waals surface area contributed by atoms with Crippen molar-refractivity contribution in [1.29, 1.82) is 0 Å². The zero-order valence-electron chi connectivity index (χ0n) is 12.1. The van der Waals surface area contributed by atoms with Crippen LogP contribution < -0.4 is 11.1 Å². The van der Waals surface area contributed by atoms with Gasteiger partial charge in [-0.2, -0.15) is 0 Å². The lowest BCUT2D eigenvalue weighted by atomic mass is 10.2. The van der Waals surface area contributed by atoms with Crippen LogP contribution >= 0.6 is 24.0 Å². The summed E-state index contributed by atoms with van der Waals surface area (Å²) in [5.74, 6) is -0.422. The fourth-order valence-corrected chi connectivity index (χ4v) is 3.01. The summed E-state index contributed by atoms with van der Waals surface area (Å²) in [5.41, 5.74) is 6.27. The summed E-state index contributed by atoms with van der Waals surface area (Å²) in [6.07, 6.45) is 2.46. The first-order valence-electron chi connectivity index (χ1n) is 6.26. The van der Waals surface area contributed by atoms with Crippen LogP contribution in [0.15, 0.2) is 41.4 Å². The number of carbonyl (C=O) groups excluding carboxylic acids is 1. The van der Waals surface area contributed by atoms with Crippen LogP contribution in [-0.4, -0.2) is 25.6 Å². The minimum atomic E-state index is -3.37. The topological polar surface area (TPSA) is 102 Å². The highest BCUT2D eigenvalue weighted by Gasteiger charge is 2.15. The van der Waals surface area contributed by atoms with E-state index in [9.17, 15) is 13.2 Å². The smallest absolute Gasteiger partial charge is 0.255 e. The van der Waals surface area contributed by atoms with Gasteiger partial charge < -0.3 is 11.1 Å². The normalized spacial score (nSPS) is 10.7. The number of nitrogens with zero attached hydrogens (tertiary/aromatic N) is 1. The predicted molar refractivity (Wildman–Crippen MR) is 91.6 cm³/mol. The van der Waals surface area contributed by atoms with Crippen LogP contribution in [0.2, 0.25) is 5.02 Å². The molecule has 0 saturated carbocycles. The van der Waals surface area contributed by atoms with Crippen LogP contribution in [0.1, 0.15) is 15.9 Å². The average molecular weight is 376 g/mol. The molecule has 9 heteroatoms. The second-order valence-corrected chi connectivity index (χ2v) is 7.07. The number of hydrogen-bond acceptors (Lipinski definition) is 5. The Morgan fingerprint density at radius 3 is 2.65 bits per heavy atom. The molecule has 23 heavy (non-hydrogen) atoms. The van der Waals surface area contributed by atoms with Crippen molar-refractivity contribution in [3.8, 4) is 0 Å². The Balaban J connectivity index is 0.00000264. The molecule has 1 aromatic carbocycles. The number of rotatable bonds is 4. The molecule has 1 amide bonds. The molecule has 0 spiro atoms. The van der Waals surface area contributed by atoms with Gasteiger partial charge in [-0.25, -0.2) is 13.4 Å². The van der Waals surface area contributed by atoms with Crippen molar-refractivity contribution in [3.05, 3.63) is 52.7 Å². The molecule has 0 aliphatic carbocycles. The second kappa shape index (κ2) is 7.63. The molecule has 6 nitrogen and oxygen atoms in total. The van der Waals surface area contributed by atoms with Crippen molar-refractivity contribution < 1.29 is 13.2 Å². The van der Waals surface area contributed by atoms with Crippen LogP contribution in [0.5, 0.6) is 0 Å². The number of halogens is 2. The van der Waals surface area contributed by atoms with E-state index < -0.39 is 15.7 Å². The molecule has 0 fully saturated rings. The number of aromatic nitrogens is 1. The van der Waals surface area contributed by atoms with Gasteiger partial charge in [0.1, 0.15) is 5.82 Å². The third kappa shape index (κ3) is 4.82. The van der Waals surface area contributed by atoms with Gasteiger partial charge in [0.25, 0.3) is 5.91 Å². The van der Waals surface area contributed by atoms with Gasteiger partial charge in [0, 0.05) is 19.0 Å². The van der Waals surface area contributed by atoms with Crippen LogP contribution in [0.3, 0.4) is 0 Å². The Morgan fingerprint density at radius 2 is 2.00 bits per heavy atom. The molecule has 0 aliphatic heterocycles. The molecule has 0 bridgehead atoms. The van der Waals surface area contributed by atoms with Gasteiger partial charge in [-0.1, -0.05) is 29.8 Å². The summed E-state index contributed by atoms with van der Waals surface area (Å²) in [5, 5.41) is 2.90. The van der Waals surface area contributed by atoms with Crippen molar-refractivity contribution >= 4 is 45.6 Å². The predicted octanol–water partition coefficient (Wildman–Crippen LogP) is 2.07. The van der Waals surface area contributed by atoms with Gasteiger partial charge in [0.2, 0.25) is 0 Å². The van der Waals surface area contributed by atoms with E-state index in [0.29, 0.717) is 5.56 Å². The standard InChI is InChI=1S/C14H14ClN3O3S.ClH/c1-22(20,21)12-5-3-2-4-9(12)7-18-14(19)11-6-10(15)8-17-13(11)16;/h2-6,8H,7H2,1H3,(H2,16,17)(H,18,19);1H. The van der Waals surface area contributed by atoms with Crippen molar-refractivity contribution in [2.45, 2.75) is 11.4 Å². The number of sulfone groups is 1. The number of benzene rings is 1. The van der Waals surface area contributed by atoms with Crippen LogP contribution in [0.4, 0.5) is 5.82 Å². The monoisotopic (exact) mass is 375 g/mol. The molecule has 124 valence electrons. The first-order chi connectivity index (χ1) is 10.3. The lowest BCUT2D eigenvalue weighted by Crippen LogP contribution is -2.25. The van der Waals surface area contributed by atoms with Gasteiger partial charge in [0.05, 0.1) is 15.5 Å². The molecule has 1 heterocycles. The maximum absolute atomic E-state index is 12.1. The highest BCUT2D eigenvalue weighted by molar-refractivity contribution is 7.90. The van der Waals surface area contributed by atoms with Crippen molar-refractivity contribution in [2.75, 3.05) is 12.0 Å². The summed E-state index contributed by atoms with van der Waals surface area (Å²) in [7, 11) is -3.37. The number of anilines is 1. The second-order valence-electron chi connectivity index (χ2n) is 4.65. The molecule has 0 aliphatic rings. The molecule has 0 saturated heterocycles. The molecular formula is C14H15Cl2N3O3S. The van der Waals surface area contributed by atoms with Gasteiger partial charge in [0.15, 0.2) is 9.84 Å². The Bertz CT molecular complexity index is 826. The van der Waals surface area contributed by atoms with E-state index >= 15 is 0 Å². The molecule has 2 rings (SSSR count). The first kappa shape index (κ1) is 19.2. The zero-order chi connectivity index (χ0) is 16.3. The third-order valence-corrected chi connectivity index (χ3v) is 4.35. The number of nitrogens with two attached hydrogens (primary N) is 1. The van der Waals surface area contributed by atoms with E-state index in [0.717, 1.165) is 6.26 Å². The molecule has 0 atom stereocenters. The average Bonchev–Trinajstić information content (AvgIpc) is 2.46. The third-order valence-electron chi connectivity index (χ3n) is 2.94. The fourth-order valence-electron chi connectivity index (χ4n) is 1.91. The van der Waals surface area contributed by atoms with Crippen molar-refractivity contribution in [3.63, 3.8) is 0 Å². The van der Waals surface area contributed by atoms with E-state index in [1.165, 1.54) is 18.3 Å². The highest BCUT2D eigenvalue weighted by atomic mass is 35.5. The fraction of sp³-hybridized carbons (Fsp3) is 0.143. The molecule has 0 radical (unpaired) electrons. The number of amides is 1. The lowest BCUT2D eigenvalue weighted by Gasteiger charge is -2.10. The maximum atomic E-state index is 12.1. The van der Waals surface area contributed by atoms with Crippen molar-refractivity contribution in [1.82, 2.24) is 10.3 Å². The van der Waals surface area contributed by atoms with Crippen molar-refractivity contribution in [2.24, 2.45) is 0 Å². The van der Waals surface area contributed by atoms with E-state index in [1.807, 2.05) is 0 Å².